The van der Waals surface area contributed by atoms with Crippen LogP contribution in [0, 0.1) is 16.0 Å². The van der Waals surface area contributed by atoms with Gasteiger partial charge in [-0.2, -0.15) is 0 Å². The summed E-state index contributed by atoms with van der Waals surface area (Å²) in [5.74, 6) is 0.402. The van der Waals surface area contributed by atoms with E-state index >= 15 is 0 Å². The summed E-state index contributed by atoms with van der Waals surface area (Å²) < 4.78 is 5.16. The Kier molecular flexibility index (Phi) is 3.55. The molecular weight excluding hydrogens is 250 g/mol. The molecule has 0 spiro atoms. The molecule has 0 aromatic heterocycles. The van der Waals surface area contributed by atoms with E-state index in [-0.39, 0.29) is 18.2 Å². The number of hydrogen-bond acceptors (Lipinski definition) is 5. The monoisotopic (exact) mass is 265 g/mol. The molecule has 7 nitrogen and oxygen atoms in total. The molecule has 1 heterocycles. The van der Waals surface area contributed by atoms with Crippen LogP contribution in [-0.4, -0.2) is 24.0 Å². The van der Waals surface area contributed by atoms with E-state index in [0.29, 0.717) is 29.6 Å². The molecule has 1 aromatic carbocycles. The predicted molar refractivity (Wildman–Crippen MR) is 70.5 cm³/mol. The maximum atomic E-state index is 11.2. The quantitative estimate of drug-likeness (QED) is 0.641. The Labute approximate surface area is 110 Å². The first-order valence-corrected chi connectivity index (χ1v) is 5.96. The van der Waals surface area contributed by atoms with Crippen LogP contribution in [0.1, 0.15) is 13.8 Å². The molecule has 0 radical (unpaired) electrons. The van der Waals surface area contributed by atoms with Crippen molar-refractivity contribution >= 4 is 23.0 Å². The van der Waals surface area contributed by atoms with Gasteiger partial charge < -0.3 is 15.4 Å². The highest BCUT2D eigenvalue weighted by Crippen LogP contribution is 2.37. The number of fused-ring (bicyclic) bond motifs is 1. The van der Waals surface area contributed by atoms with Gasteiger partial charge in [-0.15, -0.1) is 0 Å². The number of benzene rings is 1. The standard InChI is InChI=1S/C12H15N3O4/c1-7(2)5-13-8-3-9-11(4-10(8)15(17)18)19-6-12(16)14-9/h3-4,7,13H,5-6H2,1-2H3,(H,14,16). The van der Waals surface area contributed by atoms with Crippen molar-refractivity contribution in [1.82, 2.24) is 0 Å². The Morgan fingerprint density at radius 3 is 2.89 bits per heavy atom. The molecule has 0 fully saturated rings. The average molecular weight is 265 g/mol. The van der Waals surface area contributed by atoms with E-state index in [9.17, 15) is 14.9 Å². The van der Waals surface area contributed by atoms with Crippen LogP contribution < -0.4 is 15.4 Å². The van der Waals surface area contributed by atoms with E-state index in [1.807, 2.05) is 13.8 Å². The lowest BCUT2D eigenvalue weighted by atomic mass is 10.1. The Morgan fingerprint density at radius 1 is 1.53 bits per heavy atom. The molecule has 1 aliphatic rings. The number of ether oxygens (including phenoxy) is 1. The SMILES string of the molecule is CC(C)CNc1cc2c(cc1[N+](=O)[O-])OCC(=O)N2. The van der Waals surface area contributed by atoms with Gasteiger partial charge >= 0.3 is 0 Å². The van der Waals surface area contributed by atoms with Gasteiger partial charge in [-0.05, 0) is 12.0 Å². The molecule has 1 aliphatic heterocycles. The summed E-state index contributed by atoms with van der Waals surface area (Å²) in [5, 5.41) is 16.7. The Balaban J connectivity index is 2.36. The van der Waals surface area contributed by atoms with Crippen molar-refractivity contribution in [1.29, 1.82) is 0 Å². The Morgan fingerprint density at radius 2 is 2.26 bits per heavy atom. The third kappa shape index (κ3) is 2.93. The third-order valence-corrected chi connectivity index (χ3v) is 2.63. The number of rotatable bonds is 4. The largest absolute Gasteiger partial charge is 0.481 e. The van der Waals surface area contributed by atoms with Crippen LogP contribution in [0.4, 0.5) is 17.1 Å². The van der Waals surface area contributed by atoms with Gasteiger partial charge in [-0.1, -0.05) is 13.8 Å². The maximum Gasteiger partial charge on any atom is 0.296 e. The fourth-order valence-electron chi connectivity index (χ4n) is 1.72. The van der Waals surface area contributed by atoms with Crippen molar-refractivity contribution in [2.45, 2.75) is 13.8 Å². The van der Waals surface area contributed by atoms with Gasteiger partial charge in [-0.25, -0.2) is 0 Å². The number of carbonyl (C=O) groups excluding carboxylic acids is 1. The molecule has 0 saturated heterocycles. The van der Waals surface area contributed by atoms with Gasteiger partial charge in [0, 0.05) is 6.54 Å². The first kappa shape index (κ1) is 13.1. The van der Waals surface area contributed by atoms with Crippen LogP contribution in [0.5, 0.6) is 5.75 Å². The van der Waals surface area contributed by atoms with Crippen molar-refractivity contribution in [2.24, 2.45) is 5.92 Å². The first-order chi connectivity index (χ1) is 8.97. The Bertz CT molecular complexity index is 528. The van der Waals surface area contributed by atoms with E-state index in [0.717, 1.165) is 0 Å². The molecule has 1 aromatic rings. The molecule has 7 heteroatoms. The topological polar surface area (TPSA) is 93.5 Å². The second-order valence-electron chi connectivity index (χ2n) is 4.73. The van der Waals surface area contributed by atoms with Crippen LogP contribution in [-0.2, 0) is 4.79 Å². The van der Waals surface area contributed by atoms with Crippen molar-refractivity contribution in [3.63, 3.8) is 0 Å². The molecule has 102 valence electrons. The highest BCUT2D eigenvalue weighted by Gasteiger charge is 2.23. The molecule has 19 heavy (non-hydrogen) atoms. The number of nitro benzene ring substituents is 1. The van der Waals surface area contributed by atoms with E-state index < -0.39 is 4.92 Å². The summed E-state index contributed by atoms with van der Waals surface area (Å²) in [6.45, 7) is 4.49. The lowest BCUT2D eigenvalue weighted by molar-refractivity contribution is -0.384. The van der Waals surface area contributed by atoms with Crippen molar-refractivity contribution in [3.05, 3.63) is 22.2 Å². The van der Waals surface area contributed by atoms with Crippen molar-refractivity contribution in [2.75, 3.05) is 23.8 Å². The van der Waals surface area contributed by atoms with Gasteiger partial charge in [-0.3, -0.25) is 14.9 Å². The van der Waals surface area contributed by atoms with Crippen LogP contribution in [0.2, 0.25) is 0 Å². The molecule has 2 N–H and O–H groups in total. The van der Waals surface area contributed by atoms with Gasteiger partial charge in [0.25, 0.3) is 11.6 Å². The molecule has 0 atom stereocenters. The van der Waals surface area contributed by atoms with Crippen LogP contribution in [0.3, 0.4) is 0 Å². The number of nitrogens with zero attached hydrogens (tertiary/aromatic N) is 1. The highest BCUT2D eigenvalue weighted by atomic mass is 16.6. The Hall–Kier alpha value is -2.31. The first-order valence-electron chi connectivity index (χ1n) is 5.96. The van der Waals surface area contributed by atoms with Crippen LogP contribution in [0.25, 0.3) is 0 Å². The van der Waals surface area contributed by atoms with Crippen LogP contribution >= 0.6 is 0 Å². The number of amides is 1. The molecular formula is C12H15N3O4. The molecule has 1 amide bonds. The summed E-state index contributed by atoms with van der Waals surface area (Å²) in [6, 6.07) is 2.87. The zero-order chi connectivity index (χ0) is 14.0. The van der Waals surface area contributed by atoms with E-state index in [4.69, 9.17) is 4.74 Å². The zero-order valence-corrected chi connectivity index (χ0v) is 10.7. The number of nitro groups is 1. The lowest BCUT2D eigenvalue weighted by Crippen LogP contribution is -2.25. The molecule has 2 rings (SSSR count). The summed E-state index contributed by atoms with van der Waals surface area (Å²) in [7, 11) is 0. The van der Waals surface area contributed by atoms with Gasteiger partial charge in [0.05, 0.1) is 16.7 Å². The van der Waals surface area contributed by atoms with Gasteiger partial charge in [0.2, 0.25) is 0 Å². The van der Waals surface area contributed by atoms with E-state index in [2.05, 4.69) is 10.6 Å². The molecule has 0 unspecified atom stereocenters. The summed E-state index contributed by atoms with van der Waals surface area (Å²) in [5.41, 5.74) is 0.770. The van der Waals surface area contributed by atoms with Crippen molar-refractivity contribution < 1.29 is 14.5 Å². The number of hydrogen-bond donors (Lipinski definition) is 2. The lowest BCUT2D eigenvalue weighted by Gasteiger charge is -2.19. The number of nitrogens with one attached hydrogen (secondary N) is 2. The average Bonchev–Trinajstić information content (AvgIpc) is 2.34. The summed E-state index contributed by atoms with van der Waals surface area (Å²) >= 11 is 0. The molecule has 0 aliphatic carbocycles. The number of carbonyl (C=O) groups is 1. The van der Waals surface area contributed by atoms with Gasteiger partial charge in [0.1, 0.15) is 5.69 Å². The minimum atomic E-state index is -0.470. The minimum Gasteiger partial charge on any atom is -0.481 e. The van der Waals surface area contributed by atoms with Crippen LogP contribution in [0.15, 0.2) is 12.1 Å². The smallest absolute Gasteiger partial charge is 0.296 e. The van der Waals surface area contributed by atoms with E-state index in [1.165, 1.54) is 12.1 Å². The fraction of sp³-hybridized carbons (Fsp3) is 0.417. The summed E-state index contributed by atoms with van der Waals surface area (Å²) in [4.78, 5) is 21.8. The second-order valence-corrected chi connectivity index (χ2v) is 4.73. The highest BCUT2D eigenvalue weighted by molar-refractivity contribution is 5.96. The zero-order valence-electron chi connectivity index (χ0n) is 10.7. The fourth-order valence-corrected chi connectivity index (χ4v) is 1.72. The van der Waals surface area contributed by atoms with Gasteiger partial charge in [0.15, 0.2) is 12.4 Å². The van der Waals surface area contributed by atoms with E-state index in [1.54, 1.807) is 0 Å². The predicted octanol–water partition coefficient (Wildman–Crippen LogP) is 1.99. The summed E-state index contributed by atoms with van der Waals surface area (Å²) in [6.07, 6.45) is 0. The second kappa shape index (κ2) is 5.13. The molecule has 0 bridgehead atoms. The molecule has 0 saturated carbocycles. The minimum absolute atomic E-state index is 0.0597. The third-order valence-electron chi connectivity index (χ3n) is 2.63. The normalized spacial score (nSPS) is 13.5. The number of anilines is 2. The maximum absolute atomic E-state index is 11.2. The van der Waals surface area contributed by atoms with Crippen molar-refractivity contribution in [3.8, 4) is 5.75 Å².